The number of rotatable bonds is 0. The molecule has 0 amide bonds. The van der Waals surface area contributed by atoms with E-state index in [2.05, 4.69) is 6.92 Å². The molecule has 6 atom stereocenters. The smallest absolute Gasteiger partial charge is 0.00825 e. The maximum atomic E-state index is 2.69. The molecule has 0 radical (unpaired) electrons. The number of fused-ring (bicyclic) bond motifs is 5. The zero-order valence-corrected chi connectivity index (χ0v) is 14.6. The molecule has 6 unspecified atom stereocenters. The van der Waals surface area contributed by atoms with Gasteiger partial charge in [0.1, 0.15) is 0 Å². The molecule has 122 valence electrons. The molecule has 0 heteroatoms. The Morgan fingerprint density at radius 3 is 2.41 bits per heavy atom. The highest BCUT2D eigenvalue weighted by Crippen LogP contribution is 2.65. The second-order valence-electron chi connectivity index (χ2n) is 9.65. The molecule has 5 aliphatic carbocycles. The van der Waals surface area contributed by atoms with E-state index in [0.717, 1.165) is 29.6 Å². The van der Waals surface area contributed by atoms with Gasteiger partial charge < -0.3 is 0 Å². The van der Waals surface area contributed by atoms with E-state index in [9.17, 15) is 0 Å². The molecule has 5 aliphatic rings. The fourth-order valence-corrected chi connectivity index (χ4v) is 7.88. The summed E-state index contributed by atoms with van der Waals surface area (Å²) in [6.45, 7) is 2.69. The largest absolute Gasteiger partial charge is 0.0704 e. The van der Waals surface area contributed by atoms with Crippen molar-refractivity contribution in [2.45, 2.75) is 90.4 Å². The Kier molecular flexibility index (Phi) is 3.28. The lowest BCUT2D eigenvalue weighted by molar-refractivity contribution is -0.0407. The molecule has 0 aliphatic heterocycles. The molecular formula is C22H34. The van der Waals surface area contributed by atoms with Gasteiger partial charge in [0.05, 0.1) is 0 Å². The first-order valence-electron chi connectivity index (χ1n) is 10.5. The van der Waals surface area contributed by atoms with Crippen LogP contribution in [0.3, 0.4) is 0 Å². The Bertz CT molecular complexity index is 480. The first-order chi connectivity index (χ1) is 10.8. The first kappa shape index (κ1) is 14.1. The fraction of sp³-hybridized carbons (Fsp3) is 0.909. The van der Waals surface area contributed by atoms with Gasteiger partial charge in [-0.2, -0.15) is 0 Å². The van der Waals surface area contributed by atoms with Gasteiger partial charge in [0.25, 0.3) is 0 Å². The topological polar surface area (TPSA) is 0 Å². The molecule has 0 heterocycles. The summed E-state index contributed by atoms with van der Waals surface area (Å²) in [4.78, 5) is 0. The summed E-state index contributed by atoms with van der Waals surface area (Å²) < 4.78 is 0. The van der Waals surface area contributed by atoms with Crippen molar-refractivity contribution < 1.29 is 0 Å². The molecule has 0 aromatic heterocycles. The van der Waals surface area contributed by atoms with E-state index in [1.807, 2.05) is 11.1 Å². The normalized spacial score (nSPS) is 50.9. The van der Waals surface area contributed by atoms with Gasteiger partial charge in [-0.25, -0.2) is 0 Å². The molecule has 22 heavy (non-hydrogen) atoms. The molecule has 0 saturated heterocycles. The van der Waals surface area contributed by atoms with Gasteiger partial charge in [-0.05, 0) is 99.2 Å². The molecule has 0 nitrogen and oxygen atoms in total. The Labute approximate surface area is 137 Å². The summed E-state index contributed by atoms with van der Waals surface area (Å²) in [6, 6.07) is 0. The highest BCUT2D eigenvalue weighted by Gasteiger charge is 2.55. The fourth-order valence-electron chi connectivity index (χ4n) is 7.88. The van der Waals surface area contributed by atoms with E-state index in [-0.39, 0.29) is 0 Å². The van der Waals surface area contributed by atoms with Crippen LogP contribution in [0.25, 0.3) is 0 Å². The van der Waals surface area contributed by atoms with Gasteiger partial charge in [-0.3, -0.25) is 0 Å². The van der Waals surface area contributed by atoms with E-state index in [1.165, 1.54) is 32.1 Å². The molecule has 0 N–H and O–H groups in total. The number of hydrogen-bond donors (Lipinski definition) is 0. The summed E-state index contributed by atoms with van der Waals surface area (Å²) in [5.41, 5.74) is 4.53. The van der Waals surface area contributed by atoms with Crippen LogP contribution >= 0.6 is 0 Å². The van der Waals surface area contributed by atoms with Gasteiger partial charge in [-0.15, -0.1) is 0 Å². The summed E-state index contributed by atoms with van der Waals surface area (Å²) in [5.74, 6) is 5.57. The van der Waals surface area contributed by atoms with E-state index in [4.69, 9.17) is 0 Å². The minimum absolute atomic E-state index is 0.637. The van der Waals surface area contributed by atoms with Crippen molar-refractivity contribution in [1.82, 2.24) is 0 Å². The van der Waals surface area contributed by atoms with Crippen molar-refractivity contribution in [2.24, 2.45) is 35.0 Å². The molecule has 5 saturated carbocycles. The predicted octanol–water partition coefficient (Wildman–Crippen LogP) is 6.51. The lowest BCUT2D eigenvalue weighted by atomic mass is 9.50. The van der Waals surface area contributed by atoms with Crippen LogP contribution in [0.1, 0.15) is 90.4 Å². The molecule has 5 rings (SSSR count). The minimum atomic E-state index is 0.637. The van der Waals surface area contributed by atoms with Crippen molar-refractivity contribution in [1.29, 1.82) is 0 Å². The third kappa shape index (κ3) is 1.88. The molecule has 0 spiro atoms. The Morgan fingerprint density at radius 1 is 0.727 bits per heavy atom. The Hall–Kier alpha value is -0.260. The summed E-state index contributed by atoms with van der Waals surface area (Å²) >= 11 is 0. The van der Waals surface area contributed by atoms with Crippen molar-refractivity contribution in [2.75, 3.05) is 0 Å². The molecule has 0 aromatic rings. The van der Waals surface area contributed by atoms with Gasteiger partial charge in [-0.1, -0.05) is 37.3 Å². The quantitative estimate of drug-likeness (QED) is 0.447. The third-order valence-corrected chi connectivity index (χ3v) is 9.05. The highest BCUT2D eigenvalue weighted by molar-refractivity contribution is 5.31. The van der Waals surface area contributed by atoms with Gasteiger partial charge in [0, 0.05) is 0 Å². The lowest BCUT2D eigenvalue weighted by Gasteiger charge is -2.55. The van der Waals surface area contributed by atoms with E-state index in [1.54, 1.807) is 51.4 Å². The SMILES string of the molecule is CC12CCC3C4CCCCC4CCC3C1CCC2=C1CCC1. The van der Waals surface area contributed by atoms with Crippen LogP contribution in [0.5, 0.6) is 0 Å². The van der Waals surface area contributed by atoms with Crippen LogP contribution in [0.4, 0.5) is 0 Å². The summed E-state index contributed by atoms with van der Waals surface area (Å²) in [5, 5.41) is 0. The minimum Gasteiger partial charge on any atom is -0.0704 e. The van der Waals surface area contributed by atoms with Crippen LogP contribution in [-0.4, -0.2) is 0 Å². The maximum absolute atomic E-state index is 2.69. The van der Waals surface area contributed by atoms with Crippen LogP contribution in [-0.2, 0) is 0 Å². The first-order valence-corrected chi connectivity index (χ1v) is 10.5. The third-order valence-electron chi connectivity index (χ3n) is 9.05. The zero-order valence-electron chi connectivity index (χ0n) is 14.6. The van der Waals surface area contributed by atoms with Crippen LogP contribution in [0, 0.1) is 35.0 Å². The summed E-state index contributed by atoms with van der Waals surface area (Å²) in [7, 11) is 0. The predicted molar refractivity (Wildman–Crippen MR) is 92.6 cm³/mol. The van der Waals surface area contributed by atoms with Gasteiger partial charge in [0.2, 0.25) is 0 Å². The molecule has 0 bridgehead atoms. The number of allylic oxidation sites excluding steroid dienone is 2. The number of hydrogen-bond acceptors (Lipinski definition) is 0. The van der Waals surface area contributed by atoms with Crippen molar-refractivity contribution in [3.05, 3.63) is 11.1 Å². The highest BCUT2D eigenvalue weighted by atomic mass is 14.6. The Balaban J connectivity index is 1.44. The van der Waals surface area contributed by atoms with Crippen LogP contribution in [0.15, 0.2) is 11.1 Å². The second kappa shape index (κ2) is 5.12. The molecule has 5 fully saturated rings. The van der Waals surface area contributed by atoms with Crippen molar-refractivity contribution in [3.8, 4) is 0 Å². The average molecular weight is 299 g/mol. The standard InChI is InChI=1S/C22H34/c1-22-14-13-18-17-8-3-2-5-15(17)9-10-19(18)21(22)12-11-20(22)16-6-4-7-16/h15,17-19,21H,2-14H2,1H3. The summed E-state index contributed by atoms with van der Waals surface area (Å²) in [6.07, 6.45) is 20.0. The lowest BCUT2D eigenvalue weighted by Crippen LogP contribution is -2.47. The molecular weight excluding hydrogens is 264 g/mol. The van der Waals surface area contributed by atoms with Crippen LogP contribution < -0.4 is 0 Å². The maximum Gasteiger partial charge on any atom is -0.00825 e. The van der Waals surface area contributed by atoms with E-state index < -0.39 is 0 Å². The van der Waals surface area contributed by atoms with Crippen LogP contribution in [0.2, 0.25) is 0 Å². The van der Waals surface area contributed by atoms with E-state index >= 15 is 0 Å². The van der Waals surface area contributed by atoms with Gasteiger partial charge in [0.15, 0.2) is 0 Å². The van der Waals surface area contributed by atoms with E-state index in [0.29, 0.717) is 5.41 Å². The van der Waals surface area contributed by atoms with Crippen molar-refractivity contribution in [3.63, 3.8) is 0 Å². The van der Waals surface area contributed by atoms with Gasteiger partial charge >= 0.3 is 0 Å². The van der Waals surface area contributed by atoms with Crippen molar-refractivity contribution >= 4 is 0 Å². The second-order valence-corrected chi connectivity index (χ2v) is 9.65. The Morgan fingerprint density at radius 2 is 1.59 bits per heavy atom. The monoisotopic (exact) mass is 298 g/mol. The average Bonchev–Trinajstić information content (AvgIpc) is 2.83. The zero-order chi connectivity index (χ0) is 14.7. The molecule has 0 aromatic carbocycles.